The summed E-state index contributed by atoms with van der Waals surface area (Å²) in [5, 5.41) is 8.57. The van der Waals surface area contributed by atoms with Gasteiger partial charge < -0.3 is 15.3 Å². The largest absolute Gasteiger partial charge is 0.494 e. The molecule has 0 aliphatic heterocycles. The minimum atomic E-state index is -0.512. The fourth-order valence-corrected chi connectivity index (χ4v) is 2.56. The van der Waals surface area contributed by atoms with Crippen molar-refractivity contribution in [1.29, 1.82) is 0 Å². The number of nitrogens with zero attached hydrogens (tertiary/aromatic N) is 3. The van der Waals surface area contributed by atoms with Gasteiger partial charge in [0.25, 0.3) is 0 Å². The second-order valence-corrected chi connectivity index (χ2v) is 6.95. The predicted molar refractivity (Wildman–Crippen MR) is 93.3 cm³/mol. The molecule has 2 N–H and O–H groups in total. The van der Waals surface area contributed by atoms with Crippen molar-refractivity contribution in [2.45, 2.75) is 38.5 Å². The maximum atomic E-state index is 11.8. The van der Waals surface area contributed by atoms with E-state index in [0.29, 0.717) is 17.6 Å². The number of ether oxygens (including phenoxy) is 2. The summed E-state index contributed by atoms with van der Waals surface area (Å²) in [6.45, 7) is 8.01. The van der Waals surface area contributed by atoms with Crippen LogP contribution in [0.3, 0.4) is 0 Å². The van der Waals surface area contributed by atoms with E-state index in [-0.39, 0.29) is 11.7 Å². The van der Waals surface area contributed by atoms with Crippen LogP contribution in [0.15, 0.2) is 29.4 Å². The van der Waals surface area contributed by atoms with Crippen molar-refractivity contribution in [1.82, 2.24) is 14.9 Å². The van der Waals surface area contributed by atoms with Crippen LogP contribution in [0, 0.1) is 0 Å². The number of aromatic nitrogens is 3. The van der Waals surface area contributed by atoms with Gasteiger partial charge in [0.15, 0.2) is 5.82 Å². The Morgan fingerprint density at radius 2 is 1.92 bits per heavy atom. The van der Waals surface area contributed by atoms with Gasteiger partial charge in [-0.1, -0.05) is 11.8 Å². The van der Waals surface area contributed by atoms with Gasteiger partial charge in [0.05, 0.1) is 12.4 Å². The molecule has 8 heteroatoms. The van der Waals surface area contributed by atoms with Crippen molar-refractivity contribution in [3.63, 3.8) is 0 Å². The molecule has 1 heterocycles. The number of nitrogens with two attached hydrogens (primary N) is 1. The SMILES string of the molecule is CCOc1ccc(-c2nnc(SCC(=O)OC(C)(C)C)n2N)cc1. The quantitative estimate of drug-likeness (QED) is 0.486. The first kappa shape index (κ1) is 18.1. The van der Waals surface area contributed by atoms with Crippen LogP contribution in [0.25, 0.3) is 11.4 Å². The van der Waals surface area contributed by atoms with E-state index in [1.165, 1.54) is 16.4 Å². The van der Waals surface area contributed by atoms with Crippen molar-refractivity contribution in [2.24, 2.45) is 0 Å². The van der Waals surface area contributed by atoms with Gasteiger partial charge >= 0.3 is 5.97 Å². The van der Waals surface area contributed by atoms with Crippen LogP contribution in [0.2, 0.25) is 0 Å². The van der Waals surface area contributed by atoms with E-state index >= 15 is 0 Å². The van der Waals surface area contributed by atoms with E-state index in [1.54, 1.807) is 0 Å². The van der Waals surface area contributed by atoms with Crippen LogP contribution in [-0.4, -0.2) is 38.8 Å². The van der Waals surface area contributed by atoms with E-state index in [2.05, 4.69) is 10.2 Å². The van der Waals surface area contributed by atoms with Gasteiger partial charge in [0.2, 0.25) is 5.16 Å². The number of carbonyl (C=O) groups is 1. The Morgan fingerprint density at radius 3 is 2.50 bits per heavy atom. The summed E-state index contributed by atoms with van der Waals surface area (Å²) in [7, 11) is 0. The maximum Gasteiger partial charge on any atom is 0.316 e. The Balaban J connectivity index is 2.04. The highest BCUT2D eigenvalue weighted by molar-refractivity contribution is 7.99. The van der Waals surface area contributed by atoms with Crippen molar-refractivity contribution in [3.05, 3.63) is 24.3 Å². The standard InChI is InChI=1S/C16H22N4O3S/c1-5-22-12-8-6-11(7-9-12)14-18-19-15(20(14)17)24-10-13(21)23-16(2,3)4/h6-9H,5,10,17H2,1-4H3. The number of hydrogen-bond acceptors (Lipinski definition) is 7. The summed E-state index contributed by atoms with van der Waals surface area (Å²) < 4.78 is 12.0. The third kappa shape index (κ3) is 4.89. The molecule has 0 saturated heterocycles. The van der Waals surface area contributed by atoms with Gasteiger partial charge in [-0.3, -0.25) is 4.79 Å². The van der Waals surface area contributed by atoms with Gasteiger partial charge in [-0.2, -0.15) is 0 Å². The minimum absolute atomic E-state index is 0.121. The van der Waals surface area contributed by atoms with Gasteiger partial charge in [0.1, 0.15) is 11.4 Å². The fraction of sp³-hybridized carbons (Fsp3) is 0.438. The monoisotopic (exact) mass is 350 g/mol. The first-order chi connectivity index (χ1) is 11.3. The molecule has 0 aliphatic carbocycles. The fourth-order valence-electron chi connectivity index (χ4n) is 1.93. The minimum Gasteiger partial charge on any atom is -0.494 e. The third-order valence-corrected chi connectivity index (χ3v) is 3.74. The van der Waals surface area contributed by atoms with Gasteiger partial charge in [-0.15, -0.1) is 10.2 Å². The highest BCUT2D eigenvalue weighted by Crippen LogP contribution is 2.24. The Bertz CT molecular complexity index is 692. The Labute approximate surface area is 145 Å². The van der Waals surface area contributed by atoms with Crippen LogP contribution < -0.4 is 10.6 Å². The smallest absolute Gasteiger partial charge is 0.316 e. The summed E-state index contributed by atoms with van der Waals surface area (Å²) in [4.78, 5) is 11.8. The number of thioether (sulfide) groups is 1. The molecule has 2 rings (SSSR count). The Hall–Kier alpha value is -2.22. The number of hydrogen-bond donors (Lipinski definition) is 1. The molecule has 0 bridgehead atoms. The lowest BCUT2D eigenvalue weighted by molar-refractivity contribution is -0.151. The molecule has 2 aromatic rings. The average Bonchev–Trinajstić information content (AvgIpc) is 2.86. The van der Waals surface area contributed by atoms with E-state index in [1.807, 2.05) is 52.0 Å². The summed E-state index contributed by atoms with van der Waals surface area (Å²) >= 11 is 1.19. The second kappa shape index (κ2) is 7.57. The summed E-state index contributed by atoms with van der Waals surface area (Å²) in [6.07, 6.45) is 0. The number of rotatable bonds is 6. The van der Waals surface area contributed by atoms with E-state index in [0.717, 1.165) is 11.3 Å². The van der Waals surface area contributed by atoms with Crippen LogP contribution >= 0.6 is 11.8 Å². The summed E-state index contributed by atoms with van der Waals surface area (Å²) in [5.74, 6) is 7.13. The lowest BCUT2D eigenvalue weighted by atomic mass is 10.2. The highest BCUT2D eigenvalue weighted by Gasteiger charge is 2.18. The van der Waals surface area contributed by atoms with E-state index in [9.17, 15) is 4.79 Å². The summed E-state index contributed by atoms with van der Waals surface area (Å²) in [6, 6.07) is 7.42. The molecule has 0 fully saturated rings. The van der Waals surface area contributed by atoms with Crippen molar-refractivity contribution in [2.75, 3.05) is 18.2 Å². The molecule has 24 heavy (non-hydrogen) atoms. The van der Waals surface area contributed by atoms with Crippen LogP contribution in [0.4, 0.5) is 0 Å². The predicted octanol–water partition coefficient (Wildman–Crippen LogP) is 2.49. The van der Waals surface area contributed by atoms with E-state index < -0.39 is 5.60 Å². The van der Waals surface area contributed by atoms with Crippen molar-refractivity contribution >= 4 is 17.7 Å². The molecule has 130 valence electrons. The number of benzene rings is 1. The van der Waals surface area contributed by atoms with Gasteiger partial charge in [-0.25, -0.2) is 4.68 Å². The first-order valence-electron chi connectivity index (χ1n) is 7.58. The normalized spacial score (nSPS) is 11.3. The topological polar surface area (TPSA) is 92.3 Å². The van der Waals surface area contributed by atoms with Crippen molar-refractivity contribution < 1.29 is 14.3 Å². The molecule has 1 aromatic carbocycles. The average molecular weight is 350 g/mol. The number of carbonyl (C=O) groups excluding carboxylic acids is 1. The zero-order chi connectivity index (χ0) is 17.7. The molecular weight excluding hydrogens is 328 g/mol. The zero-order valence-corrected chi connectivity index (χ0v) is 15.1. The third-order valence-electron chi connectivity index (χ3n) is 2.83. The van der Waals surface area contributed by atoms with Crippen LogP contribution in [0.1, 0.15) is 27.7 Å². The first-order valence-corrected chi connectivity index (χ1v) is 8.57. The molecular formula is C16H22N4O3S. The van der Waals surface area contributed by atoms with Crippen LogP contribution in [-0.2, 0) is 9.53 Å². The Morgan fingerprint density at radius 1 is 1.25 bits per heavy atom. The summed E-state index contributed by atoms with van der Waals surface area (Å²) in [5.41, 5.74) is 0.305. The number of nitrogen functional groups attached to an aromatic ring is 1. The lowest BCUT2D eigenvalue weighted by Gasteiger charge is -2.19. The molecule has 1 aromatic heterocycles. The molecule has 0 aliphatic rings. The second-order valence-electron chi connectivity index (χ2n) is 6.01. The Kier molecular flexibility index (Phi) is 5.71. The number of esters is 1. The highest BCUT2D eigenvalue weighted by atomic mass is 32.2. The molecule has 0 radical (unpaired) electrons. The van der Waals surface area contributed by atoms with Gasteiger partial charge in [-0.05, 0) is 52.0 Å². The maximum absolute atomic E-state index is 11.8. The molecule has 0 atom stereocenters. The molecule has 0 spiro atoms. The van der Waals surface area contributed by atoms with Crippen molar-refractivity contribution in [3.8, 4) is 17.1 Å². The molecule has 0 amide bonds. The lowest BCUT2D eigenvalue weighted by Crippen LogP contribution is -2.25. The molecule has 0 unspecified atom stereocenters. The van der Waals surface area contributed by atoms with E-state index in [4.69, 9.17) is 15.3 Å². The molecule has 0 saturated carbocycles. The molecule has 7 nitrogen and oxygen atoms in total. The van der Waals surface area contributed by atoms with Crippen LogP contribution in [0.5, 0.6) is 5.75 Å². The van der Waals surface area contributed by atoms with Gasteiger partial charge in [0, 0.05) is 5.56 Å². The zero-order valence-electron chi connectivity index (χ0n) is 14.3.